The van der Waals surface area contributed by atoms with Crippen LogP contribution < -0.4 is 11.1 Å². The van der Waals surface area contributed by atoms with E-state index in [1.807, 2.05) is 6.92 Å². The Hall–Kier alpha value is -1.82. The van der Waals surface area contributed by atoms with Crippen LogP contribution in [0.4, 0.5) is 15.8 Å². The van der Waals surface area contributed by atoms with E-state index in [4.69, 9.17) is 15.6 Å². The van der Waals surface area contributed by atoms with Gasteiger partial charge in [-0.15, -0.1) is 0 Å². The SMILES string of the molecule is CC1(CNc2cc(F)c(C(=O)O)cc2N)CCCO1. The van der Waals surface area contributed by atoms with E-state index in [-0.39, 0.29) is 11.3 Å². The van der Waals surface area contributed by atoms with Gasteiger partial charge in [0.1, 0.15) is 5.82 Å². The first-order valence-corrected chi connectivity index (χ1v) is 6.11. The number of nitrogen functional groups attached to an aromatic ring is 1. The maximum Gasteiger partial charge on any atom is 0.338 e. The molecule has 19 heavy (non-hydrogen) atoms. The maximum atomic E-state index is 13.6. The number of hydrogen-bond acceptors (Lipinski definition) is 4. The molecule has 1 saturated heterocycles. The van der Waals surface area contributed by atoms with Crippen molar-refractivity contribution >= 4 is 17.3 Å². The van der Waals surface area contributed by atoms with Gasteiger partial charge in [-0.2, -0.15) is 0 Å². The fourth-order valence-electron chi connectivity index (χ4n) is 2.17. The second-order valence-electron chi connectivity index (χ2n) is 4.98. The van der Waals surface area contributed by atoms with Gasteiger partial charge in [-0.3, -0.25) is 0 Å². The summed E-state index contributed by atoms with van der Waals surface area (Å²) in [6.45, 7) is 3.20. The lowest BCUT2D eigenvalue weighted by atomic mass is 10.0. The van der Waals surface area contributed by atoms with E-state index in [1.54, 1.807) is 0 Å². The Morgan fingerprint density at radius 2 is 2.37 bits per heavy atom. The summed E-state index contributed by atoms with van der Waals surface area (Å²) in [5, 5.41) is 11.8. The van der Waals surface area contributed by atoms with Crippen molar-refractivity contribution < 1.29 is 19.0 Å². The van der Waals surface area contributed by atoms with Crippen molar-refractivity contribution in [2.75, 3.05) is 24.2 Å². The Balaban J connectivity index is 2.13. The highest BCUT2D eigenvalue weighted by molar-refractivity contribution is 5.90. The Labute approximate surface area is 110 Å². The fourth-order valence-corrected chi connectivity index (χ4v) is 2.17. The zero-order valence-corrected chi connectivity index (χ0v) is 10.7. The number of benzene rings is 1. The van der Waals surface area contributed by atoms with Gasteiger partial charge in [-0.25, -0.2) is 9.18 Å². The fraction of sp³-hybridized carbons (Fsp3) is 0.462. The van der Waals surface area contributed by atoms with Gasteiger partial charge in [0.05, 0.1) is 22.5 Å². The quantitative estimate of drug-likeness (QED) is 0.728. The van der Waals surface area contributed by atoms with Crippen LogP contribution in [0.5, 0.6) is 0 Å². The summed E-state index contributed by atoms with van der Waals surface area (Å²) in [6.07, 6.45) is 1.93. The number of nitrogens with two attached hydrogens (primary N) is 1. The molecule has 5 nitrogen and oxygen atoms in total. The lowest BCUT2D eigenvalue weighted by Crippen LogP contribution is -2.32. The van der Waals surface area contributed by atoms with Gasteiger partial charge in [0.15, 0.2) is 0 Å². The first-order chi connectivity index (χ1) is 8.91. The monoisotopic (exact) mass is 268 g/mol. The van der Waals surface area contributed by atoms with Crippen LogP contribution in [0.2, 0.25) is 0 Å². The van der Waals surface area contributed by atoms with Crippen molar-refractivity contribution in [2.45, 2.75) is 25.4 Å². The van der Waals surface area contributed by atoms with Crippen LogP contribution in [-0.2, 0) is 4.74 Å². The van der Waals surface area contributed by atoms with Gasteiger partial charge < -0.3 is 20.9 Å². The number of ether oxygens (including phenoxy) is 1. The van der Waals surface area contributed by atoms with Gasteiger partial charge in [0.25, 0.3) is 0 Å². The number of carboxylic acid groups (broad SMARTS) is 1. The van der Waals surface area contributed by atoms with E-state index in [1.165, 1.54) is 0 Å². The highest BCUT2D eigenvalue weighted by Crippen LogP contribution is 2.28. The van der Waals surface area contributed by atoms with E-state index in [0.717, 1.165) is 31.6 Å². The Kier molecular flexibility index (Phi) is 3.61. The summed E-state index contributed by atoms with van der Waals surface area (Å²) < 4.78 is 19.2. The lowest BCUT2D eigenvalue weighted by Gasteiger charge is -2.24. The summed E-state index contributed by atoms with van der Waals surface area (Å²) in [5.41, 5.74) is 5.61. The Bertz CT molecular complexity index is 499. The van der Waals surface area contributed by atoms with Gasteiger partial charge in [0, 0.05) is 13.2 Å². The van der Waals surface area contributed by atoms with E-state index in [9.17, 15) is 9.18 Å². The first kappa shape index (κ1) is 13.6. The second kappa shape index (κ2) is 5.05. The predicted octanol–water partition coefficient (Wildman–Crippen LogP) is 2.09. The van der Waals surface area contributed by atoms with Crippen molar-refractivity contribution in [1.82, 2.24) is 0 Å². The molecule has 2 rings (SSSR count). The number of carbonyl (C=O) groups is 1. The topological polar surface area (TPSA) is 84.6 Å². The van der Waals surface area contributed by atoms with E-state index < -0.39 is 17.3 Å². The summed E-state index contributed by atoms with van der Waals surface area (Å²) in [5.74, 6) is -2.14. The van der Waals surface area contributed by atoms with Crippen LogP contribution in [0.3, 0.4) is 0 Å². The Morgan fingerprint density at radius 1 is 1.63 bits per heavy atom. The van der Waals surface area contributed by atoms with Crippen LogP contribution in [0.1, 0.15) is 30.1 Å². The first-order valence-electron chi connectivity index (χ1n) is 6.11. The molecule has 1 heterocycles. The molecule has 1 atom stereocenters. The largest absolute Gasteiger partial charge is 0.478 e. The molecule has 0 amide bonds. The molecule has 1 unspecified atom stereocenters. The molecule has 0 aromatic heterocycles. The molecule has 0 aliphatic carbocycles. The predicted molar refractivity (Wildman–Crippen MR) is 69.9 cm³/mol. The zero-order chi connectivity index (χ0) is 14.0. The number of rotatable bonds is 4. The summed E-state index contributed by atoms with van der Waals surface area (Å²) >= 11 is 0. The molecular formula is C13H17FN2O3. The highest BCUT2D eigenvalue weighted by Gasteiger charge is 2.29. The number of carboxylic acids is 1. The van der Waals surface area contributed by atoms with Gasteiger partial charge >= 0.3 is 5.97 Å². The average molecular weight is 268 g/mol. The summed E-state index contributed by atoms with van der Waals surface area (Å²) in [7, 11) is 0. The van der Waals surface area contributed by atoms with Gasteiger partial charge in [-0.1, -0.05) is 0 Å². The normalized spacial score (nSPS) is 22.4. The van der Waals surface area contributed by atoms with Crippen LogP contribution in [0.15, 0.2) is 12.1 Å². The molecule has 1 aliphatic rings. The molecule has 1 aliphatic heterocycles. The standard InChI is InChI=1S/C13H17FN2O3/c1-13(3-2-4-19-13)7-16-11-6-9(14)8(12(17)18)5-10(11)15/h5-6,16H,2-4,7,15H2,1H3,(H,17,18). The minimum atomic E-state index is -1.33. The van der Waals surface area contributed by atoms with E-state index in [0.29, 0.717) is 12.2 Å². The lowest BCUT2D eigenvalue weighted by molar-refractivity contribution is 0.0315. The number of nitrogens with one attached hydrogen (secondary N) is 1. The van der Waals surface area contributed by atoms with Crippen LogP contribution in [-0.4, -0.2) is 29.8 Å². The van der Waals surface area contributed by atoms with Crippen molar-refractivity contribution in [3.8, 4) is 0 Å². The van der Waals surface area contributed by atoms with Crippen molar-refractivity contribution in [2.24, 2.45) is 0 Å². The van der Waals surface area contributed by atoms with Crippen molar-refractivity contribution in [3.63, 3.8) is 0 Å². The third kappa shape index (κ3) is 2.96. The van der Waals surface area contributed by atoms with Crippen molar-refractivity contribution in [3.05, 3.63) is 23.5 Å². The molecule has 1 aromatic carbocycles. The molecule has 104 valence electrons. The summed E-state index contributed by atoms with van der Waals surface area (Å²) in [4.78, 5) is 10.8. The summed E-state index contributed by atoms with van der Waals surface area (Å²) in [6, 6.07) is 2.23. The molecule has 1 fully saturated rings. The number of halogens is 1. The van der Waals surface area contributed by atoms with Crippen LogP contribution >= 0.6 is 0 Å². The van der Waals surface area contributed by atoms with Gasteiger partial charge in [-0.05, 0) is 31.9 Å². The molecule has 1 aromatic rings. The minimum absolute atomic E-state index is 0.209. The minimum Gasteiger partial charge on any atom is -0.478 e. The Morgan fingerprint density at radius 3 is 2.95 bits per heavy atom. The number of anilines is 2. The maximum absolute atomic E-state index is 13.6. The highest BCUT2D eigenvalue weighted by atomic mass is 19.1. The third-order valence-corrected chi connectivity index (χ3v) is 3.32. The molecule has 4 N–H and O–H groups in total. The van der Waals surface area contributed by atoms with Crippen molar-refractivity contribution in [1.29, 1.82) is 0 Å². The third-order valence-electron chi connectivity index (χ3n) is 3.32. The van der Waals surface area contributed by atoms with Gasteiger partial charge in [0.2, 0.25) is 0 Å². The van der Waals surface area contributed by atoms with E-state index >= 15 is 0 Å². The van der Waals surface area contributed by atoms with Crippen LogP contribution in [0, 0.1) is 5.82 Å². The van der Waals surface area contributed by atoms with Crippen LogP contribution in [0.25, 0.3) is 0 Å². The molecule has 0 saturated carbocycles. The number of aromatic carboxylic acids is 1. The molecule has 0 radical (unpaired) electrons. The zero-order valence-electron chi connectivity index (χ0n) is 10.7. The molecule has 0 bridgehead atoms. The molecular weight excluding hydrogens is 251 g/mol. The number of hydrogen-bond donors (Lipinski definition) is 3. The smallest absolute Gasteiger partial charge is 0.338 e. The molecule has 0 spiro atoms. The second-order valence-corrected chi connectivity index (χ2v) is 4.98. The molecule has 6 heteroatoms. The van der Waals surface area contributed by atoms with E-state index in [2.05, 4.69) is 5.32 Å². The average Bonchev–Trinajstić information content (AvgIpc) is 2.77.